The monoisotopic (exact) mass is 275 g/mol. The lowest BCUT2D eigenvalue weighted by Crippen LogP contribution is -2.05. The average Bonchev–Trinajstić information content (AvgIpc) is 2.19. The van der Waals surface area contributed by atoms with Gasteiger partial charge in [0.25, 0.3) is 0 Å². The van der Waals surface area contributed by atoms with E-state index in [2.05, 4.69) is 27.2 Å². The van der Waals surface area contributed by atoms with Crippen molar-refractivity contribution in [1.82, 2.24) is 0 Å². The first-order valence-electron chi connectivity index (χ1n) is 4.25. The van der Waals surface area contributed by atoms with Crippen LogP contribution in [-0.4, -0.2) is 6.61 Å². The molecular formula is C11H10BrF2O. The highest BCUT2D eigenvalue weighted by molar-refractivity contribution is 9.10. The first kappa shape index (κ1) is 12.2. The summed E-state index contributed by atoms with van der Waals surface area (Å²) in [6.45, 7) is 2.56. The van der Waals surface area contributed by atoms with Crippen molar-refractivity contribution in [2.24, 2.45) is 0 Å². The van der Waals surface area contributed by atoms with Crippen LogP contribution in [-0.2, 0) is 0 Å². The molecule has 0 aliphatic heterocycles. The zero-order chi connectivity index (χ0) is 11.4. The summed E-state index contributed by atoms with van der Waals surface area (Å²) in [5, 5.41) is 0. The number of ether oxygens (including phenoxy) is 1. The Labute approximate surface area is 95.9 Å². The molecule has 0 bridgehead atoms. The van der Waals surface area contributed by atoms with E-state index in [1.54, 1.807) is 25.1 Å². The van der Waals surface area contributed by atoms with Crippen LogP contribution in [0.15, 0.2) is 35.3 Å². The molecule has 15 heavy (non-hydrogen) atoms. The smallest absolute Gasteiger partial charge is 0.387 e. The molecule has 0 spiro atoms. The Hall–Kier alpha value is -0.900. The van der Waals surface area contributed by atoms with Crippen molar-refractivity contribution >= 4 is 15.9 Å². The lowest BCUT2D eigenvalue weighted by atomic mass is 10.0. The summed E-state index contributed by atoms with van der Waals surface area (Å²) < 4.78 is 29.4. The maximum absolute atomic E-state index is 12.1. The van der Waals surface area contributed by atoms with Gasteiger partial charge in [-0.25, -0.2) is 0 Å². The SMILES string of the molecule is C=C[C](C)c1cc(Br)ccc1OC(F)F. The van der Waals surface area contributed by atoms with Gasteiger partial charge in [0.05, 0.1) is 0 Å². The summed E-state index contributed by atoms with van der Waals surface area (Å²) in [5.41, 5.74) is 0.611. The number of benzene rings is 1. The summed E-state index contributed by atoms with van der Waals surface area (Å²) in [7, 11) is 0. The maximum Gasteiger partial charge on any atom is 0.387 e. The molecule has 0 heterocycles. The second-order valence-electron chi connectivity index (χ2n) is 2.91. The fourth-order valence-corrected chi connectivity index (χ4v) is 1.48. The molecule has 0 saturated heterocycles. The van der Waals surface area contributed by atoms with Gasteiger partial charge in [-0.3, -0.25) is 0 Å². The number of halogens is 3. The molecule has 81 valence electrons. The molecule has 0 atom stereocenters. The highest BCUT2D eigenvalue weighted by Gasteiger charge is 2.13. The van der Waals surface area contributed by atoms with Gasteiger partial charge in [-0.1, -0.05) is 28.9 Å². The fraction of sp³-hybridized carbons (Fsp3) is 0.182. The fourth-order valence-electron chi connectivity index (χ4n) is 1.12. The standard InChI is InChI=1S/C11H10BrF2O/c1-3-7(2)9-6-8(12)4-5-10(9)15-11(13)14/h3-6,11H,1H2,2H3. The number of alkyl halides is 2. The lowest BCUT2D eigenvalue weighted by molar-refractivity contribution is -0.0502. The quantitative estimate of drug-likeness (QED) is 0.801. The van der Waals surface area contributed by atoms with E-state index in [0.29, 0.717) is 5.56 Å². The molecule has 0 aliphatic rings. The Balaban J connectivity index is 3.08. The third-order valence-electron chi connectivity index (χ3n) is 1.89. The van der Waals surface area contributed by atoms with Crippen LogP contribution in [0.2, 0.25) is 0 Å². The third-order valence-corrected chi connectivity index (χ3v) is 2.38. The number of hydrogen-bond acceptors (Lipinski definition) is 1. The van der Waals surface area contributed by atoms with E-state index >= 15 is 0 Å². The Morgan fingerprint density at radius 2 is 2.20 bits per heavy atom. The van der Waals surface area contributed by atoms with E-state index in [-0.39, 0.29) is 5.75 Å². The van der Waals surface area contributed by atoms with Crippen molar-refractivity contribution in [2.75, 3.05) is 0 Å². The van der Waals surface area contributed by atoms with Crippen LogP contribution in [0.3, 0.4) is 0 Å². The van der Waals surface area contributed by atoms with E-state index in [4.69, 9.17) is 0 Å². The average molecular weight is 276 g/mol. The maximum atomic E-state index is 12.1. The molecule has 0 N–H and O–H groups in total. The molecule has 0 amide bonds. The van der Waals surface area contributed by atoms with Crippen molar-refractivity contribution in [1.29, 1.82) is 0 Å². The Morgan fingerprint density at radius 1 is 1.53 bits per heavy atom. The molecule has 1 nitrogen and oxygen atoms in total. The van der Waals surface area contributed by atoms with Crippen LogP contribution >= 0.6 is 15.9 Å². The summed E-state index contributed by atoms with van der Waals surface area (Å²) in [5.74, 6) is 0.942. The predicted molar refractivity (Wildman–Crippen MR) is 59.0 cm³/mol. The van der Waals surface area contributed by atoms with E-state index in [1.165, 1.54) is 6.07 Å². The minimum absolute atomic E-state index is 0.158. The molecule has 1 radical (unpaired) electrons. The molecule has 1 aromatic rings. The van der Waals surface area contributed by atoms with Crippen LogP contribution in [0.1, 0.15) is 12.5 Å². The van der Waals surface area contributed by atoms with Crippen molar-refractivity contribution in [3.05, 3.63) is 46.8 Å². The van der Waals surface area contributed by atoms with E-state index in [9.17, 15) is 8.78 Å². The first-order valence-corrected chi connectivity index (χ1v) is 5.04. The van der Waals surface area contributed by atoms with E-state index in [1.807, 2.05) is 0 Å². The molecular weight excluding hydrogens is 266 g/mol. The van der Waals surface area contributed by atoms with Crippen LogP contribution in [0, 0.1) is 5.92 Å². The summed E-state index contributed by atoms with van der Waals surface area (Å²) in [4.78, 5) is 0. The van der Waals surface area contributed by atoms with Gasteiger partial charge >= 0.3 is 6.61 Å². The summed E-state index contributed by atoms with van der Waals surface area (Å²) >= 11 is 3.27. The number of allylic oxidation sites excluding steroid dienone is 1. The van der Waals surface area contributed by atoms with Gasteiger partial charge in [0.2, 0.25) is 0 Å². The van der Waals surface area contributed by atoms with Gasteiger partial charge in [-0.15, -0.1) is 6.58 Å². The molecule has 0 unspecified atom stereocenters. The molecule has 4 heteroatoms. The molecule has 0 saturated carbocycles. The lowest BCUT2D eigenvalue weighted by Gasteiger charge is -2.13. The van der Waals surface area contributed by atoms with Gasteiger partial charge < -0.3 is 4.74 Å². The molecule has 0 fully saturated rings. The number of hydrogen-bond donors (Lipinski definition) is 0. The van der Waals surface area contributed by atoms with Gasteiger partial charge in [-0.05, 0) is 18.2 Å². The molecule has 1 rings (SSSR count). The Bertz CT molecular complexity index is 352. The second kappa shape index (κ2) is 5.26. The van der Waals surface area contributed by atoms with Gasteiger partial charge in [0.1, 0.15) is 5.75 Å². The van der Waals surface area contributed by atoms with Crippen LogP contribution < -0.4 is 4.74 Å². The largest absolute Gasteiger partial charge is 0.435 e. The van der Waals surface area contributed by atoms with Crippen molar-refractivity contribution < 1.29 is 13.5 Å². The second-order valence-corrected chi connectivity index (χ2v) is 3.82. The topological polar surface area (TPSA) is 9.23 Å². The predicted octanol–water partition coefficient (Wildman–Crippen LogP) is 4.18. The highest BCUT2D eigenvalue weighted by atomic mass is 79.9. The van der Waals surface area contributed by atoms with Crippen molar-refractivity contribution in [3.63, 3.8) is 0 Å². The summed E-state index contributed by atoms with van der Waals surface area (Å²) in [6, 6.07) is 4.87. The van der Waals surface area contributed by atoms with E-state index in [0.717, 1.165) is 10.4 Å². The van der Waals surface area contributed by atoms with E-state index < -0.39 is 6.61 Å². The van der Waals surface area contributed by atoms with Crippen molar-refractivity contribution in [2.45, 2.75) is 13.5 Å². The normalized spacial score (nSPS) is 10.8. The van der Waals surface area contributed by atoms with Gasteiger partial charge in [-0.2, -0.15) is 8.78 Å². The summed E-state index contributed by atoms with van der Waals surface area (Å²) in [6.07, 6.45) is 1.60. The zero-order valence-corrected chi connectivity index (χ0v) is 9.72. The van der Waals surface area contributed by atoms with Crippen LogP contribution in [0.5, 0.6) is 5.75 Å². The minimum Gasteiger partial charge on any atom is -0.435 e. The molecule has 0 aliphatic carbocycles. The van der Waals surface area contributed by atoms with Gasteiger partial charge in [0.15, 0.2) is 0 Å². The Morgan fingerprint density at radius 3 is 2.73 bits per heavy atom. The van der Waals surface area contributed by atoms with Gasteiger partial charge in [0, 0.05) is 16.0 Å². The highest BCUT2D eigenvalue weighted by Crippen LogP contribution is 2.30. The molecule has 1 aromatic carbocycles. The van der Waals surface area contributed by atoms with Crippen LogP contribution in [0.4, 0.5) is 8.78 Å². The zero-order valence-electron chi connectivity index (χ0n) is 8.14. The minimum atomic E-state index is -2.82. The first-order chi connectivity index (χ1) is 7.04. The third kappa shape index (κ3) is 3.30. The van der Waals surface area contributed by atoms with Crippen LogP contribution in [0.25, 0.3) is 0 Å². The van der Waals surface area contributed by atoms with Crippen molar-refractivity contribution in [3.8, 4) is 5.75 Å². The Kier molecular flexibility index (Phi) is 4.27. The molecule has 0 aromatic heterocycles. The number of rotatable bonds is 4.